The number of benzene rings is 1. The Kier molecular flexibility index (Phi) is 4.53. The molecule has 0 spiro atoms. The lowest BCUT2D eigenvalue weighted by molar-refractivity contribution is -0.384. The fourth-order valence-corrected chi connectivity index (χ4v) is 4.25. The number of non-ortho nitro benzene ring substituents is 1. The van der Waals surface area contributed by atoms with E-state index in [1.165, 1.54) is 35.7 Å². The first-order valence-electron chi connectivity index (χ1n) is 6.84. The van der Waals surface area contributed by atoms with E-state index in [-0.39, 0.29) is 23.0 Å². The fourth-order valence-electron chi connectivity index (χ4n) is 2.36. The molecule has 6 nitrogen and oxygen atoms in total. The van der Waals surface area contributed by atoms with Crippen molar-refractivity contribution < 1.29 is 14.5 Å². The summed E-state index contributed by atoms with van der Waals surface area (Å²) in [4.78, 5) is 36.5. The van der Waals surface area contributed by atoms with Crippen molar-refractivity contribution in [2.75, 3.05) is 6.54 Å². The molecule has 1 fully saturated rings. The van der Waals surface area contributed by atoms with Crippen molar-refractivity contribution in [3.8, 4) is 0 Å². The monoisotopic (exact) mass is 348 g/mol. The maximum absolute atomic E-state index is 12.6. The van der Waals surface area contributed by atoms with Crippen LogP contribution >= 0.6 is 23.5 Å². The molecule has 8 heteroatoms. The summed E-state index contributed by atoms with van der Waals surface area (Å²) in [5.41, 5.74) is 1.08. The molecule has 0 bridgehead atoms. The molecule has 1 amide bonds. The highest BCUT2D eigenvalue weighted by atomic mass is 32.2. The van der Waals surface area contributed by atoms with Gasteiger partial charge in [0.1, 0.15) is 5.57 Å². The van der Waals surface area contributed by atoms with Crippen LogP contribution in [0.3, 0.4) is 0 Å². The number of nitro benzene ring substituents is 1. The molecular formula is C15H12N2O4S2. The van der Waals surface area contributed by atoms with Crippen LogP contribution in [0.25, 0.3) is 0 Å². The summed E-state index contributed by atoms with van der Waals surface area (Å²) in [6.45, 7) is 0.706. The molecule has 118 valence electrons. The number of thioether (sulfide) groups is 2. The van der Waals surface area contributed by atoms with Crippen LogP contribution in [0.4, 0.5) is 5.69 Å². The van der Waals surface area contributed by atoms with Crippen LogP contribution in [0.15, 0.2) is 44.9 Å². The third-order valence-corrected chi connectivity index (χ3v) is 5.65. The first-order valence-corrected chi connectivity index (χ1v) is 8.60. The summed E-state index contributed by atoms with van der Waals surface area (Å²) in [6, 6.07) is 6.10. The first kappa shape index (κ1) is 15.8. The summed E-state index contributed by atoms with van der Waals surface area (Å²) in [6.07, 6.45) is 0.304. The van der Waals surface area contributed by atoms with Crippen LogP contribution in [0.5, 0.6) is 0 Å². The van der Waals surface area contributed by atoms with E-state index in [9.17, 15) is 19.7 Å². The number of nitrogens with zero attached hydrogens (tertiary/aromatic N) is 2. The molecule has 2 heterocycles. The number of likely N-dealkylation sites (tertiary alicyclic amines) is 1. The van der Waals surface area contributed by atoms with Gasteiger partial charge in [0, 0.05) is 31.6 Å². The van der Waals surface area contributed by atoms with Crippen LogP contribution in [0.1, 0.15) is 12.0 Å². The molecule has 1 aromatic rings. The molecule has 1 aromatic carbocycles. The van der Waals surface area contributed by atoms with Gasteiger partial charge in [-0.3, -0.25) is 19.7 Å². The van der Waals surface area contributed by atoms with E-state index in [4.69, 9.17) is 0 Å². The Bertz CT molecular complexity index is 730. The van der Waals surface area contributed by atoms with Crippen LogP contribution in [0.2, 0.25) is 0 Å². The summed E-state index contributed by atoms with van der Waals surface area (Å²) < 4.78 is 0.730. The van der Waals surface area contributed by atoms with Gasteiger partial charge in [-0.2, -0.15) is 0 Å². The fraction of sp³-hybridized carbons (Fsp3) is 0.200. The Morgan fingerprint density at radius 1 is 1.13 bits per heavy atom. The third kappa shape index (κ3) is 3.32. The number of hydrogen-bond donors (Lipinski definition) is 0. The zero-order valence-electron chi connectivity index (χ0n) is 11.9. The average Bonchev–Trinajstić information content (AvgIpc) is 3.05. The van der Waals surface area contributed by atoms with Gasteiger partial charge in [-0.1, -0.05) is 35.7 Å². The molecule has 2 aliphatic rings. The number of Topliss-reactive ketones (excluding diaryl/α,β-unsaturated/α-hetero) is 1. The van der Waals surface area contributed by atoms with Gasteiger partial charge in [-0.15, -0.1) is 0 Å². The molecule has 0 aromatic heterocycles. The number of rotatable bonds is 3. The van der Waals surface area contributed by atoms with E-state index in [1.807, 2.05) is 10.8 Å². The standard InChI is InChI=1S/C15H12N2O4S2/c18-12-5-6-16(14(19)13(12)15-22-7-8-23-15)9-10-1-3-11(4-2-10)17(20)21/h1-4,7-8H,5-6,9H2. The van der Waals surface area contributed by atoms with Gasteiger partial charge >= 0.3 is 0 Å². The Hall–Kier alpha value is -2.06. The zero-order valence-corrected chi connectivity index (χ0v) is 13.6. The second-order valence-corrected chi connectivity index (χ2v) is 7.08. The van der Waals surface area contributed by atoms with Gasteiger partial charge < -0.3 is 4.90 Å². The Morgan fingerprint density at radius 2 is 1.78 bits per heavy atom. The topological polar surface area (TPSA) is 80.5 Å². The second-order valence-electron chi connectivity index (χ2n) is 4.99. The van der Waals surface area contributed by atoms with E-state index in [1.54, 1.807) is 17.0 Å². The highest BCUT2D eigenvalue weighted by Crippen LogP contribution is 2.41. The number of carbonyl (C=O) groups is 2. The Morgan fingerprint density at radius 3 is 2.39 bits per heavy atom. The van der Waals surface area contributed by atoms with E-state index in [2.05, 4.69) is 0 Å². The van der Waals surface area contributed by atoms with Gasteiger partial charge in [0.2, 0.25) is 0 Å². The van der Waals surface area contributed by atoms with Crippen molar-refractivity contribution in [3.63, 3.8) is 0 Å². The smallest absolute Gasteiger partial charge is 0.269 e. The molecule has 0 aliphatic carbocycles. The predicted octanol–water partition coefficient (Wildman–Crippen LogP) is 3.06. The minimum atomic E-state index is -0.460. The third-order valence-electron chi connectivity index (χ3n) is 3.52. The summed E-state index contributed by atoms with van der Waals surface area (Å²) in [5.74, 6) is -0.382. The average molecular weight is 348 g/mol. The lowest BCUT2D eigenvalue weighted by Gasteiger charge is -2.28. The maximum atomic E-state index is 12.6. The van der Waals surface area contributed by atoms with Crippen LogP contribution in [0, 0.1) is 10.1 Å². The van der Waals surface area contributed by atoms with Crippen molar-refractivity contribution in [2.24, 2.45) is 0 Å². The number of piperidine rings is 1. The number of nitro groups is 1. The Labute approximate surface area is 140 Å². The largest absolute Gasteiger partial charge is 0.334 e. The van der Waals surface area contributed by atoms with Crippen molar-refractivity contribution in [2.45, 2.75) is 13.0 Å². The predicted molar refractivity (Wildman–Crippen MR) is 89.5 cm³/mol. The van der Waals surface area contributed by atoms with Gasteiger partial charge in [-0.25, -0.2) is 0 Å². The van der Waals surface area contributed by atoms with E-state index in [0.29, 0.717) is 19.5 Å². The molecule has 2 aliphatic heterocycles. The van der Waals surface area contributed by atoms with Gasteiger partial charge in [-0.05, 0) is 16.4 Å². The van der Waals surface area contributed by atoms with Crippen molar-refractivity contribution in [1.82, 2.24) is 4.90 Å². The zero-order chi connectivity index (χ0) is 16.4. The molecule has 0 radical (unpaired) electrons. The maximum Gasteiger partial charge on any atom is 0.269 e. The highest BCUT2D eigenvalue weighted by molar-refractivity contribution is 8.27. The summed E-state index contributed by atoms with van der Waals surface area (Å²) in [7, 11) is 0. The van der Waals surface area contributed by atoms with Gasteiger partial charge in [0.05, 0.1) is 9.16 Å². The van der Waals surface area contributed by atoms with E-state index < -0.39 is 4.92 Å². The summed E-state index contributed by atoms with van der Waals surface area (Å²) >= 11 is 2.78. The lowest BCUT2D eigenvalue weighted by atomic mass is 10.0. The molecule has 0 unspecified atom stereocenters. The molecule has 1 saturated heterocycles. The molecule has 0 saturated carbocycles. The molecular weight excluding hydrogens is 336 g/mol. The second kappa shape index (κ2) is 6.59. The lowest BCUT2D eigenvalue weighted by Crippen LogP contribution is -2.40. The van der Waals surface area contributed by atoms with Crippen LogP contribution < -0.4 is 0 Å². The molecule has 3 rings (SSSR count). The number of carbonyl (C=O) groups excluding carboxylic acids is 2. The van der Waals surface area contributed by atoms with Crippen molar-refractivity contribution in [1.29, 1.82) is 0 Å². The molecule has 0 atom stereocenters. The Balaban J connectivity index is 1.78. The molecule has 0 N–H and O–H groups in total. The van der Waals surface area contributed by atoms with Crippen LogP contribution in [-0.2, 0) is 16.1 Å². The quantitative estimate of drug-likeness (QED) is 0.361. The van der Waals surface area contributed by atoms with Gasteiger partial charge in [0.25, 0.3) is 11.6 Å². The molecule has 23 heavy (non-hydrogen) atoms. The van der Waals surface area contributed by atoms with Crippen molar-refractivity contribution >= 4 is 40.9 Å². The minimum Gasteiger partial charge on any atom is -0.334 e. The summed E-state index contributed by atoms with van der Waals surface area (Å²) in [5, 5.41) is 14.4. The normalized spacial score (nSPS) is 18.0. The van der Waals surface area contributed by atoms with Crippen LogP contribution in [-0.4, -0.2) is 28.1 Å². The van der Waals surface area contributed by atoms with Gasteiger partial charge in [0.15, 0.2) is 5.78 Å². The van der Waals surface area contributed by atoms with E-state index in [0.717, 1.165) is 9.80 Å². The highest BCUT2D eigenvalue weighted by Gasteiger charge is 2.33. The SMILES string of the molecule is O=C1CCN(Cc2ccc([N+](=O)[O-])cc2)C(=O)C1=C1SC=CS1. The number of amides is 1. The first-order chi connectivity index (χ1) is 11.1. The van der Waals surface area contributed by atoms with Crippen molar-refractivity contribution in [3.05, 3.63) is 60.6 Å². The number of hydrogen-bond acceptors (Lipinski definition) is 6. The minimum absolute atomic E-state index is 0.0153. The number of ketones is 1. The van der Waals surface area contributed by atoms with E-state index >= 15 is 0 Å².